The third-order valence-corrected chi connectivity index (χ3v) is 3.35. The lowest BCUT2D eigenvalue weighted by molar-refractivity contribution is -0.138. The number of hydrogen-bond donors (Lipinski definition) is 1. The Bertz CT molecular complexity index is 408. The lowest BCUT2D eigenvalue weighted by Gasteiger charge is -2.22. The Balaban J connectivity index is 2.23. The van der Waals surface area contributed by atoms with Crippen molar-refractivity contribution in [3.8, 4) is 5.95 Å². The summed E-state index contributed by atoms with van der Waals surface area (Å²) in [7, 11) is 0. The van der Waals surface area contributed by atoms with Gasteiger partial charge in [0.2, 0.25) is 0 Å². The number of aromatic nitrogens is 1. The van der Waals surface area contributed by atoms with Crippen LogP contribution in [0.25, 0.3) is 0 Å². The molecule has 0 aromatic carbocycles. The van der Waals surface area contributed by atoms with Crippen molar-refractivity contribution < 1.29 is 22.8 Å². The highest BCUT2D eigenvalue weighted by Crippen LogP contribution is 2.42. The van der Waals surface area contributed by atoms with Crippen LogP contribution < -0.4 is 4.90 Å². The van der Waals surface area contributed by atoms with Gasteiger partial charge in [0.1, 0.15) is 0 Å². The first-order chi connectivity index (χ1) is 9.00. The van der Waals surface area contributed by atoms with Crippen molar-refractivity contribution in [2.75, 3.05) is 18.0 Å². The molecule has 0 saturated carbocycles. The van der Waals surface area contributed by atoms with E-state index in [-0.39, 0.29) is 5.82 Å². The molecule has 0 bridgehead atoms. The summed E-state index contributed by atoms with van der Waals surface area (Å²) < 4.78 is 42.9. The van der Waals surface area contributed by atoms with Gasteiger partial charge in [-0.2, -0.15) is 13.2 Å². The molecule has 1 fully saturated rings. The minimum absolute atomic E-state index is 0.285. The van der Waals surface area contributed by atoms with Crippen LogP contribution in [0, 0.1) is 0 Å². The van der Waals surface area contributed by atoms with E-state index in [0.717, 1.165) is 38.5 Å². The molecule has 19 heavy (non-hydrogen) atoms. The Kier molecular flexibility index (Phi) is 4.21. The number of hydrogen-bond acceptors (Lipinski definition) is 4. The summed E-state index contributed by atoms with van der Waals surface area (Å²) in [4.78, 5) is 1.57. The normalized spacial score (nSPS) is 18.8. The molecule has 1 saturated heterocycles. The number of anilines is 1. The summed E-state index contributed by atoms with van der Waals surface area (Å²) in [5.41, 5.74) is -1.16. The first-order valence-electron chi connectivity index (χ1n) is 6.51. The number of rotatable bonds is 1. The zero-order valence-corrected chi connectivity index (χ0v) is 10.5. The second-order valence-corrected chi connectivity index (χ2v) is 4.79. The fourth-order valence-electron chi connectivity index (χ4n) is 2.37. The zero-order valence-electron chi connectivity index (χ0n) is 10.5. The number of aromatic hydroxyl groups is 1. The van der Waals surface area contributed by atoms with E-state index in [0.29, 0.717) is 13.1 Å². The van der Waals surface area contributed by atoms with E-state index in [1.54, 1.807) is 4.90 Å². The second kappa shape index (κ2) is 5.71. The summed E-state index contributed by atoms with van der Waals surface area (Å²) in [6.07, 6.45) is 1.23. The molecule has 1 N–H and O–H groups in total. The van der Waals surface area contributed by atoms with E-state index in [9.17, 15) is 18.3 Å². The average Bonchev–Trinajstić information content (AvgIpc) is 2.75. The molecule has 1 aliphatic rings. The standard InChI is InChI=1S/C12H17F3N2O2/c13-12(14,15)9-10(16-19-11(9)18)17-7-5-3-1-2-4-6-8-17/h18H,1-8H2. The zero-order chi connectivity index (χ0) is 13.9. The van der Waals surface area contributed by atoms with Crippen molar-refractivity contribution in [2.24, 2.45) is 0 Å². The molecule has 4 nitrogen and oxygen atoms in total. The Morgan fingerprint density at radius 3 is 2.05 bits per heavy atom. The molecule has 0 unspecified atom stereocenters. The molecule has 108 valence electrons. The Morgan fingerprint density at radius 2 is 1.53 bits per heavy atom. The van der Waals surface area contributed by atoms with Gasteiger partial charge in [0.25, 0.3) is 0 Å². The fourth-order valence-corrected chi connectivity index (χ4v) is 2.37. The molecule has 0 aliphatic carbocycles. The average molecular weight is 278 g/mol. The van der Waals surface area contributed by atoms with Gasteiger partial charge in [-0.05, 0) is 12.8 Å². The SMILES string of the molecule is Oc1onc(N2CCCCCCCC2)c1C(F)(F)F. The van der Waals surface area contributed by atoms with Gasteiger partial charge in [-0.3, -0.25) is 0 Å². The quantitative estimate of drug-likeness (QED) is 0.853. The van der Waals surface area contributed by atoms with Gasteiger partial charge in [-0.15, -0.1) is 0 Å². The first-order valence-corrected chi connectivity index (χ1v) is 6.51. The maximum absolute atomic E-state index is 12.9. The largest absolute Gasteiger partial charge is 0.479 e. The van der Waals surface area contributed by atoms with Crippen molar-refractivity contribution >= 4 is 5.82 Å². The predicted octanol–water partition coefficient (Wildman–Crippen LogP) is 3.56. The van der Waals surface area contributed by atoms with E-state index >= 15 is 0 Å². The molecule has 1 aliphatic heterocycles. The van der Waals surface area contributed by atoms with Gasteiger partial charge in [0.15, 0.2) is 11.4 Å². The van der Waals surface area contributed by atoms with Crippen LogP contribution in [-0.2, 0) is 6.18 Å². The van der Waals surface area contributed by atoms with Crippen LogP contribution in [0.15, 0.2) is 4.52 Å². The number of halogens is 3. The van der Waals surface area contributed by atoms with Crippen molar-refractivity contribution in [1.82, 2.24) is 5.16 Å². The third kappa shape index (κ3) is 3.33. The molecule has 2 rings (SSSR count). The van der Waals surface area contributed by atoms with Gasteiger partial charge < -0.3 is 14.5 Å². The molecule has 1 aromatic rings. The van der Waals surface area contributed by atoms with E-state index in [1.807, 2.05) is 0 Å². The second-order valence-electron chi connectivity index (χ2n) is 4.79. The van der Waals surface area contributed by atoms with Crippen LogP contribution in [0.1, 0.15) is 44.1 Å². The summed E-state index contributed by atoms with van der Waals surface area (Å²) in [6, 6.07) is 0. The van der Waals surface area contributed by atoms with Crippen LogP contribution in [0.3, 0.4) is 0 Å². The Labute approximate surface area is 109 Å². The van der Waals surface area contributed by atoms with Crippen LogP contribution in [0.4, 0.5) is 19.0 Å². The van der Waals surface area contributed by atoms with E-state index < -0.39 is 17.7 Å². The maximum atomic E-state index is 12.9. The highest BCUT2D eigenvalue weighted by molar-refractivity contribution is 5.51. The molecule has 0 atom stereocenters. The smallest absolute Gasteiger partial charge is 0.427 e. The van der Waals surface area contributed by atoms with Crippen molar-refractivity contribution in [1.29, 1.82) is 0 Å². The molecule has 7 heteroatoms. The van der Waals surface area contributed by atoms with Gasteiger partial charge in [0.05, 0.1) is 0 Å². The Hall–Kier alpha value is -1.40. The van der Waals surface area contributed by atoms with Crippen LogP contribution in [0.5, 0.6) is 5.95 Å². The van der Waals surface area contributed by atoms with Gasteiger partial charge in [-0.1, -0.05) is 30.8 Å². The molecule has 1 aromatic heterocycles. The highest BCUT2D eigenvalue weighted by atomic mass is 19.4. The van der Waals surface area contributed by atoms with E-state index in [2.05, 4.69) is 9.68 Å². The molecule has 2 heterocycles. The van der Waals surface area contributed by atoms with Crippen molar-refractivity contribution in [3.05, 3.63) is 5.56 Å². The number of nitrogens with zero attached hydrogens (tertiary/aromatic N) is 2. The molecular weight excluding hydrogens is 261 g/mol. The summed E-state index contributed by atoms with van der Waals surface area (Å²) in [6.45, 7) is 1.02. The summed E-state index contributed by atoms with van der Waals surface area (Å²) >= 11 is 0. The molecular formula is C12H17F3N2O2. The molecule has 0 amide bonds. The van der Waals surface area contributed by atoms with E-state index in [1.165, 1.54) is 0 Å². The summed E-state index contributed by atoms with van der Waals surface area (Å²) in [5, 5.41) is 12.6. The topological polar surface area (TPSA) is 49.5 Å². The van der Waals surface area contributed by atoms with Crippen molar-refractivity contribution in [3.63, 3.8) is 0 Å². The monoisotopic (exact) mass is 278 g/mol. The molecule has 0 spiro atoms. The van der Waals surface area contributed by atoms with Crippen molar-refractivity contribution in [2.45, 2.75) is 44.7 Å². The van der Waals surface area contributed by atoms with Gasteiger partial charge >= 0.3 is 12.1 Å². The van der Waals surface area contributed by atoms with Gasteiger partial charge in [-0.25, -0.2) is 0 Å². The van der Waals surface area contributed by atoms with Crippen LogP contribution >= 0.6 is 0 Å². The predicted molar refractivity (Wildman–Crippen MR) is 63.1 cm³/mol. The minimum atomic E-state index is -4.65. The third-order valence-electron chi connectivity index (χ3n) is 3.35. The minimum Gasteiger partial charge on any atom is -0.479 e. The van der Waals surface area contributed by atoms with Gasteiger partial charge in [0, 0.05) is 13.1 Å². The summed E-state index contributed by atoms with van der Waals surface area (Å²) in [5.74, 6) is -1.44. The van der Waals surface area contributed by atoms with E-state index in [4.69, 9.17) is 0 Å². The lowest BCUT2D eigenvalue weighted by atomic mass is 10.1. The van der Waals surface area contributed by atoms with Crippen LogP contribution in [0.2, 0.25) is 0 Å². The maximum Gasteiger partial charge on any atom is 0.427 e. The molecule has 0 radical (unpaired) electrons. The fraction of sp³-hybridized carbons (Fsp3) is 0.750. The highest BCUT2D eigenvalue weighted by Gasteiger charge is 2.42. The Morgan fingerprint density at radius 1 is 1.00 bits per heavy atom. The van der Waals surface area contributed by atoms with Crippen LogP contribution in [-0.4, -0.2) is 23.4 Å². The first kappa shape index (κ1) is 14.0. The number of alkyl halides is 3. The lowest BCUT2D eigenvalue weighted by Crippen LogP contribution is -2.28.